The lowest BCUT2D eigenvalue weighted by atomic mass is 10.0. The fraction of sp³-hybridized carbons (Fsp3) is 0.182. The molecule has 0 fully saturated rings. The number of hydrogen-bond acceptors (Lipinski definition) is 3. The third-order valence-electron chi connectivity index (χ3n) is 4.28. The highest BCUT2D eigenvalue weighted by atomic mass is 16.3. The molecule has 3 aromatic carbocycles. The average Bonchev–Trinajstić information content (AvgIpc) is 2.68. The number of fused-ring (bicyclic) bond motifs is 1. The maximum atomic E-state index is 12.5. The van der Waals surface area contributed by atoms with Crippen molar-refractivity contribution in [1.82, 2.24) is 5.43 Å². The molecule has 3 aromatic rings. The molecule has 0 aliphatic heterocycles. The van der Waals surface area contributed by atoms with E-state index in [1.54, 1.807) is 12.1 Å². The van der Waals surface area contributed by atoms with E-state index in [1.165, 1.54) is 0 Å². The molecule has 0 heterocycles. The Morgan fingerprint density at radius 3 is 2.35 bits per heavy atom. The van der Waals surface area contributed by atoms with Crippen LogP contribution in [0.15, 0.2) is 71.8 Å². The maximum Gasteiger partial charge on any atom is 0.275 e. The minimum atomic E-state index is -0.418. The molecular weight excluding hydrogens is 324 g/mol. The van der Waals surface area contributed by atoms with Crippen LogP contribution in [0.3, 0.4) is 0 Å². The number of aromatic hydroxyl groups is 1. The monoisotopic (exact) mass is 346 g/mol. The van der Waals surface area contributed by atoms with Crippen LogP contribution in [-0.4, -0.2) is 16.7 Å². The number of nitrogens with zero attached hydrogens (tertiary/aromatic N) is 1. The SMILES string of the molecule is CCCC/C(=N/NC(=O)c1cc2ccccc2cc1O)c1ccccc1. The Hall–Kier alpha value is -3.14. The molecule has 0 saturated heterocycles. The smallest absolute Gasteiger partial charge is 0.275 e. The molecule has 0 aliphatic rings. The third-order valence-corrected chi connectivity index (χ3v) is 4.28. The Bertz CT molecular complexity index is 933. The summed E-state index contributed by atoms with van der Waals surface area (Å²) in [5.74, 6) is -0.468. The Labute approximate surface area is 153 Å². The van der Waals surface area contributed by atoms with Gasteiger partial charge in [-0.2, -0.15) is 5.10 Å². The molecule has 3 rings (SSSR count). The summed E-state index contributed by atoms with van der Waals surface area (Å²) in [6.07, 6.45) is 2.82. The van der Waals surface area contributed by atoms with E-state index in [9.17, 15) is 9.90 Å². The van der Waals surface area contributed by atoms with Gasteiger partial charge >= 0.3 is 0 Å². The standard InChI is InChI=1S/C22H22N2O2/c1-2-3-13-20(16-9-5-4-6-10-16)23-24-22(26)19-14-17-11-7-8-12-18(17)15-21(19)25/h4-12,14-15,25H,2-3,13H2,1H3,(H,24,26)/b23-20-. The number of benzene rings is 3. The van der Waals surface area contributed by atoms with E-state index in [2.05, 4.69) is 17.5 Å². The summed E-state index contributed by atoms with van der Waals surface area (Å²) in [4.78, 5) is 12.5. The second-order valence-corrected chi connectivity index (χ2v) is 6.19. The molecule has 132 valence electrons. The minimum absolute atomic E-state index is 0.0498. The fourth-order valence-electron chi connectivity index (χ4n) is 2.83. The summed E-state index contributed by atoms with van der Waals surface area (Å²) in [7, 11) is 0. The zero-order valence-corrected chi connectivity index (χ0v) is 14.8. The van der Waals surface area contributed by atoms with Gasteiger partial charge in [0.1, 0.15) is 5.75 Å². The van der Waals surface area contributed by atoms with Crippen LogP contribution in [0.5, 0.6) is 5.75 Å². The second kappa shape index (κ2) is 8.30. The number of carbonyl (C=O) groups excluding carboxylic acids is 1. The van der Waals surface area contributed by atoms with E-state index >= 15 is 0 Å². The first-order valence-electron chi connectivity index (χ1n) is 8.83. The third kappa shape index (κ3) is 4.09. The summed E-state index contributed by atoms with van der Waals surface area (Å²) in [5.41, 5.74) is 4.64. The van der Waals surface area contributed by atoms with Crippen LogP contribution in [0.1, 0.15) is 42.1 Å². The Kier molecular flexibility index (Phi) is 5.64. The van der Waals surface area contributed by atoms with Crippen molar-refractivity contribution in [1.29, 1.82) is 0 Å². The van der Waals surface area contributed by atoms with E-state index in [4.69, 9.17) is 0 Å². The Morgan fingerprint density at radius 2 is 1.65 bits per heavy atom. The normalized spacial score (nSPS) is 11.5. The van der Waals surface area contributed by atoms with Gasteiger partial charge in [0.25, 0.3) is 5.91 Å². The highest BCUT2D eigenvalue weighted by Gasteiger charge is 2.13. The molecule has 0 spiro atoms. The number of phenols is 1. The van der Waals surface area contributed by atoms with Crippen LogP contribution in [0.4, 0.5) is 0 Å². The van der Waals surface area contributed by atoms with Crippen LogP contribution in [0, 0.1) is 0 Å². The highest BCUT2D eigenvalue weighted by Crippen LogP contribution is 2.24. The first-order valence-corrected chi connectivity index (χ1v) is 8.83. The summed E-state index contributed by atoms with van der Waals surface area (Å²) in [5, 5.41) is 16.3. The fourth-order valence-corrected chi connectivity index (χ4v) is 2.83. The summed E-state index contributed by atoms with van der Waals surface area (Å²) < 4.78 is 0. The summed E-state index contributed by atoms with van der Waals surface area (Å²) in [6, 6.07) is 20.7. The zero-order valence-electron chi connectivity index (χ0n) is 14.8. The zero-order chi connectivity index (χ0) is 18.4. The van der Waals surface area contributed by atoms with Crippen molar-refractivity contribution in [3.8, 4) is 5.75 Å². The van der Waals surface area contributed by atoms with Crippen molar-refractivity contribution in [2.45, 2.75) is 26.2 Å². The van der Waals surface area contributed by atoms with Gasteiger partial charge in [0.05, 0.1) is 11.3 Å². The highest BCUT2D eigenvalue weighted by molar-refractivity contribution is 6.04. The predicted molar refractivity (Wildman–Crippen MR) is 106 cm³/mol. The molecule has 0 saturated carbocycles. The van der Waals surface area contributed by atoms with Gasteiger partial charge in [-0.25, -0.2) is 5.43 Å². The molecule has 0 atom stereocenters. The predicted octanol–water partition coefficient (Wildman–Crippen LogP) is 4.87. The quantitative estimate of drug-likeness (QED) is 0.494. The van der Waals surface area contributed by atoms with Gasteiger partial charge in [0.2, 0.25) is 0 Å². The molecular formula is C22H22N2O2. The molecule has 1 amide bonds. The molecule has 0 unspecified atom stereocenters. The number of hydrogen-bond donors (Lipinski definition) is 2. The van der Waals surface area contributed by atoms with Gasteiger partial charge in [-0.1, -0.05) is 67.9 Å². The summed E-state index contributed by atoms with van der Waals surface area (Å²) >= 11 is 0. The number of hydrazone groups is 1. The van der Waals surface area contributed by atoms with E-state index in [0.717, 1.165) is 41.3 Å². The first kappa shape index (κ1) is 17.7. The molecule has 26 heavy (non-hydrogen) atoms. The molecule has 4 nitrogen and oxygen atoms in total. The van der Waals surface area contributed by atoms with Gasteiger partial charge in [-0.3, -0.25) is 4.79 Å². The van der Waals surface area contributed by atoms with Crippen LogP contribution in [0.2, 0.25) is 0 Å². The van der Waals surface area contributed by atoms with E-state index in [0.29, 0.717) is 0 Å². The van der Waals surface area contributed by atoms with Gasteiger partial charge in [-0.15, -0.1) is 0 Å². The van der Waals surface area contributed by atoms with Crippen molar-refractivity contribution < 1.29 is 9.90 Å². The Balaban J connectivity index is 1.85. The summed E-state index contributed by atoms with van der Waals surface area (Å²) in [6.45, 7) is 2.12. The molecule has 0 bridgehead atoms. The van der Waals surface area contributed by atoms with Gasteiger partial charge in [0.15, 0.2) is 0 Å². The van der Waals surface area contributed by atoms with Crippen LogP contribution >= 0.6 is 0 Å². The number of amides is 1. The van der Waals surface area contributed by atoms with Crippen molar-refractivity contribution >= 4 is 22.4 Å². The molecule has 0 aromatic heterocycles. The van der Waals surface area contributed by atoms with E-state index < -0.39 is 5.91 Å². The lowest BCUT2D eigenvalue weighted by molar-refractivity contribution is 0.0952. The largest absolute Gasteiger partial charge is 0.507 e. The topological polar surface area (TPSA) is 61.7 Å². The number of phenolic OH excluding ortho intramolecular Hbond substituents is 1. The molecule has 0 radical (unpaired) electrons. The van der Waals surface area contributed by atoms with E-state index in [-0.39, 0.29) is 11.3 Å². The Morgan fingerprint density at radius 1 is 1.00 bits per heavy atom. The number of nitrogens with one attached hydrogen (secondary N) is 1. The number of unbranched alkanes of at least 4 members (excludes halogenated alkanes) is 1. The lowest BCUT2D eigenvalue weighted by Crippen LogP contribution is -2.20. The van der Waals surface area contributed by atoms with Crippen molar-refractivity contribution in [2.24, 2.45) is 5.10 Å². The van der Waals surface area contributed by atoms with Crippen LogP contribution < -0.4 is 5.43 Å². The second-order valence-electron chi connectivity index (χ2n) is 6.19. The number of rotatable bonds is 6. The molecule has 2 N–H and O–H groups in total. The maximum absolute atomic E-state index is 12.5. The van der Waals surface area contributed by atoms with Crippen LogP contribution in [-0.2, 0) is 0 Å². The van der Waals surface area contributed by atoms with Crippen LogP contribution in [0.25, 0.3) is 10.8 Å². The van der Waals surface area contributed by atoms with Crippen molar-refractivity contribution in [3.05, 3.63) is 77.9 Å². The van der Waals surface area contributed by atoms with Gasteiger partial charge < -0.3 is 5.11 Å². The minimum Gasteiger partial charge on any atom is -0.507 e. The lowest BCUT2D eigenvalue weighted by Gasteiger charge is -2.09. The van der Waals surface area contributed by atoms with E-state index in [1.807, 2.05) is 54.6 Å². The van der Waals surface area contributed by atoms with Gasteiger partial charge in [0, 0.05) is 0 Å². The number of carbonyl (C=O) groups is 1. The van der Waals surface area contributed by atoms with Crippen molar-refractivity contribution in [3.63, 3.8) is 0 Å². The average molecular weight is 346 g/mol. The van der Waals surface area contributed by atoms with Gasteiger partial charge in [-0.05, 0) is 41.3 Å². The molecule has 4 heteroatoms. The first-order chi connectivity index (χ1) is 12.7. The van der Waals surface area contributed by atoms with Crippen molar-refractivity contribution in [2.75, 3.05) is 0 Å². The molecule has 0 aliphatic carbocycles.